The van der Waals surface area contributed by atoms with Gasteiger partial charge in [0.2, 0.25) is 5.95 Å². The summed E-state index contributed by atoms with van der Waals surface area (Å²) in [5.41, 5.74) is 2.90. The first-order valence-corrected chi connectivity index (χ1v) is 8.76. The number of aryl methyl sites for hydroxylation is 2. The van der Waals surface area contributed by atoms with Crippen molar-refractivity contribution in [2.45, 2.75) is 20.3 Å². The molecule has 1 N–H and O–H groups in total. The van der Waals surface area contributed by atoms with E-state index >= 15 is 0 Å². The quantitative estimate of drug-likeness (QED) is 0.619. The third kappa shape index (κ3) is 3.91. The molecule has 3 rings (SSSR count). The SMILES string of the molecule is CCc1nc(Nc2ccc(Br)cc2)nc(-c2cc(Cl)ccc2C)n1. The van der Waals surface area contributed by atoms with Crippen molar-refractivity contribution in [1.29, 1.82) is 0 Å². The van der Waals surface area contributed by atoms with Crippen LogP contribution in [0.5, 0.6) is 0 Å². The molecule has 0 radical (unpaired) electrons. The second-order valence-corrected chi connectivity index (χ2v) is 6.70. The van der Waals surface area contributed by atoms with Gasteiger partial charge in [-0.1, -0.05) is 40.5 Å². The highest BCUT2D eigenvalue weighted by molar-refractivity contribution is 9.10. The third-order valence-electron chi connectivity index (χ3n) is 3.54. The van der Waals surface area contributed by atoms with E-state index in [4.69, 9.17) is 11.6 Å². The van der Waals surface area contributed by atoms with E-state index < -0.39 is 0 Å². The number of halogens is 2. The summed E-state index contributed by atoms with van der Waals surface area (Å²) < 4.78 is 1.02. The van der Waals surface area contributed by atoms with Crippen LogP contribution in [0, 0.1) is 6.92 Å². The van der Waals surface area contributed by atoms with Crippen molar-refractivity contribution in [3.05, 3.63) is 63.3 Å². The highest BCUT2D eigenvalue weighted by atomic mass is 79.9. The Hall–Kier alpha value is -1.98. The zero-order valence-corrected chi connectivity index (χ0v) is 15.7. The summed E-state index contributed by atoms with van der Waals surface area (Å²) in [7, 11) is 0. The minimum atomic E-state index is 0.526. The van der Waals surface area contributed by atoms with Gasteiger partial charge in [-0.05, 0) is 48.9 Å². The van der Waals surface area contributed by atoms with Crippen molar-refractivity contribution in [2.75, 3.05) is 5.32 Å². The molecule has 0 fully saturated rings. The molecule has 6 heteroatoms. The molecule has 0 aliphatic heterocycles. The molecule has 122 valence electrons. The van der Waals surface area contributed by atoms with E-state index in [0.29, 0.717) is 16.8 Å². The molecule has 0 unspecified atom stereocenters. The van der Waals surface area contributed by atoms with Crippen molar-refractivity contribution in [1.82, 2.24) is 15.0 Å². The van der Waals surface area contributed by atoms with E-state index in [9.17, 15) is 0 Å². The van der Waals surface area contributed by atoms with Gasteiger partial charge in [-0.2, -0.15) is 9.97 Å². The number of hydrogen-bond acceptors (Lipinski definition) is 4. The summed E-state index contributed by atoms with van der Waals surface area (Å²) in [4.78, 5) is 13.6. The van der Waals surface area contributed by atoms with Gasteiger partial charge in [0.25, 0.3) is 0 Å². The molecular weight excluding hydrogens is 388 g/mol. The van der Waals surface area contributed by atoms with Crippen LogP contribution >= 0.6 is 27.5 Å². The number of anilines is 2. The topological polar surface area (TPSA) is 50.7 Å². The average molecular weight is 404 g/mol. The van der Waals surface area contributed by atoms with Crippen LogP contribution in [-0.2, 0) is 6.42 Å². The Kier molecular flexibility index (Phi) is 5.11. The van der Waals surface area contributed by atoms with Crippen LogP contribution in [0.3, 0.4) is 0 Å². The molecule has 1 aromatic heterocycles. The van der Waals surface area contributed by atoms with Gasteiger partial charge in [-0.15, -0.1) is 0 Å². The Morgan fingerprint density at radius 3 is 2.50 bits per heavy atom. The van der Waals surface area contributed by atoms with Gasteiger partial charge in [0.15, 0.2) is 5.82 Å². The molecule has 0 bridgehead atoms. The summed E-state index contributed by atoms with van der Waals surface area (Å²) in [6.45, 7) is 4.04. The maximum Gasteiger partial charge on any atom is 0.231 e. The largest absolute Gasteiger partial charge is 0.324 e. The van der Waals surface area contributed by atoms with E-state index in [1.54, 1.807) is 0 Å². The predicted molar refractivity (Wildman–Crippen MR) is 102 cm³/mol. The first kappa shape index (κ1) is 16.9. The standard InChI is InChI=1S/C18H16BrClN4/c1-3-16-22-17(15-10-13(20)7-4-11(15)2)24-18(23-16)21-14-8-5-12(19)6-9-14/h4-10H,3H2,1-2H3,(H,21,22,23,24). The second-order valence-electron chi connectivity index (χ2n) is 5.34. The summed E-state index contributed by atoms with van der Waals surface area (Å²) in [5.74, 6) is 1.89. The Balaban J connectivity index is 2.02. The smallest absolute Gasteiger partial charge is 0.231 e. The fourth-order valence-corrected chi connectivity index (χ4v) is 2.69. The van der Waals surface area contributed by atoms with Crippen molar-refractivity contribution in [3.63, 3.8) is 0 Å². The molecule has 0 saturated heterocycles. The molecule has 24 heavy (non-hydrogen) atoms. The predicted octanol–water partition coefficient (Wildman–Crippen LogP) is 5.57. The van der Waals surface area contributed by atoms with E-state index in [0.717, 1.165) is 33.5 Å². The van der Waals surface area contributed by atoms with Crippen LogP contribution in [0.25, 0.3) is 11.4 Å². The molecule has 0 atom stereocenters. The minimum Gasteiger partial charge on any atom is -0.324 e. The Labute approximate surface area is 154 Å². The van der Waals surface area contributed by atoms with E-state index in [-0.39, 0.29) is 0 Å². The van der Waals surface area contributed by atoms with Crippen LogP contribution in [0.15, 0.2) is 46.9 Å². The molecule has 4 nitrogen and oxygen atoms in total. The Morgan fingerprint density at radius 2 is 1.79 bits per heavy atom. The maximum absolute atomic E-state index is 6.13. The number of benzene rings is 2. The molecule has 3 aromatic rings. The number of hydrogen-bond donors (Lipinski definition) is 1. The van der Waals surface area contributed by atoms with Gasteiger partial charge >= 0.3 is 0 Å². The first-order valence-electron chi connectivity index (χ1n) is 7.59. The highest BCUT2D eigenvalue weighted by Crippen LogP contribution is 2.25. The first-order chi connectivity index (χ1) is 11.5. The number of rotatable bonds is 4. The zero-order chi connectivity index (χ0) is 17.1. The van der Waals surface area contributed by atoms with Gasteiger partial charge in [0.05, 0.1) is 0 Å². The lowest BCUT2D eigenvalue weighted by Gasteiger charge is -2.10. The third-order valence-corrected chi connectivity index (χ3v) is 4.30. The molecule has 0 saturated carbocycles. The lowest BCUT2D eigenvalue weighted by atomic mass is 10.1. The lowest BCUT2D eigenvalue weighted by Crippen LogP contribution is -2.05. The Morgan fingerprint density at radius 1 is 1.04 bits per heavy atom. The second kappa shape index (κ2) is 7.28. The molecule has 0 aliphatic rings. The lowest BCUT2D eigenvalue weighted by molar-refractivity contribution is 0.909. The van der Waals surface area contributed by atoms with Crippen LogP contribution in [0.1, 0.15) is 18.3 Å². The van der Waals surface area contributed by atoms with Crippen molar-refractivity contribution in [2.24, 2.45) is 0 Å². The van der Waals surface area contributed by atoms with Gasteiger partial charge in [0.1, 0.15) is 5.82 Å². The summed E-state index contributed by atoms with van der Waals surface area (Å²) >= 11 is 9.56. The summed E-state index contributed by atoms with van der Waals surface area (Å²) in [5, 5.41) is 3.90. The monoisotopic (exact) mass is 402 g/mol. The van der Waals surface area contributed by atoms with E-state index in [2.05, 4.69) is 36.2 Å². The fraction of sp³-hybridized carbons (Fsp3) is 0.167. The van der Waals surface area contributed by atoms with Gasteiger partial charge in [0, 0.05) is 27.2 Å². The summed E-state index contributed by atoms with van der Waals surface area (Å²) in [6.07, 6.45) is 0.726. The van der Waals surface area contributed by atoms with Crippen molar-refractivity contribution in [3.8, 4) is 11.4 Å². The molecule has 1 heterocycles. The molecule has 0 spiro atoms. The van der Waals surface area contributed by atoms with Crippen molar-refractivity contribution < 1.29 is 0 Å². The molecule has 2 aromatic carbocycles. The van der Waals surface area contributed by atoms with Crippen LogP contribution in [-0.4, -0.2) is 15.0 Å². The van der Waals surface area contributed by atoms with Crippen LogP contribution < -0.4 is 5.32 Å². The molecule has 0 aliphatic carbocycles. The fourth-order valence-electron chi connectivity index (χ4n) is 2.25. The number of nitrogens with one attached hydrogen (secondary N) is 1. The molecule has 0 amide bonds. The zero-order valence-electron chi connectivity index (χ0n) is 13.3. The highest BCUT2D eigenvalue weighted by Gasteiger charge is 2.11. The number of nitrogens with zero attached hydrogens (tertiary/aromatic N) is 3. The maximum atomic E-state index is 6.13. The van der Waals surface area contributed by atoms with Crippen LogP contribution in [0.2, 0.25) is 5.02 Å². The van der Waals surface area contributed by atoms with Gasteiger partial charge in [-0.25, -0.2) is 4.98 Å². The summed E-state index contributed by atoms with van der Waals surface area (Å²) in [6, 6.07) is 13.6. The molecular formula is C18H16BrClN4. The Bertz CT molecular complexity index is 865. The van der Waals surface area contributed by atoms with E-state index in [1.807, 2.05) is 56.3 Å². The minimum absolute atomic E-state index is 0.526. The van der Waals surface area contributed by atoms with Crippen LogP contribution in [0.4, 0.5) is 11.6 Å². The van der Waals surface area contributed by atoms with Crippen molar-refractivity contribution >= 4 is 39.2 Å². The van der Waals surface area contributed by atoms with Gasteiger partial charge in [-0.3, -0.25) is 0 Å². The average Bonchev–Trinajstić information content (AvgIpc) is 2.59. The van der Waals surface area contributed by atoms with Gasteiger partial charge < -0.3 is 5.32 Å². The van der Waals surface area contributed by atoms with E-state index in [1.165, 1.54) is 0 Å². The number of aromatic nitrogens is 3. The normalized spacial score (nSPS) is 10.7.